The molecule has 0 amide bonds. The lowest BCUT2D eigenvalue weighted by Gasteiger charge is -2.45. The quantitative estimate of drug-likeness (QED) is 0.688. The van der Waals surface area contributed by atoms with Crippen molar-refractivity contribution in [2.75, 3.05) is 6.61 Å². The minimum atomic E-state index is -3.95. The first-order valence-corrected chi connectivity index (χ1v) is 6.84. The average Bonchev–Trinajstić information content (AvgIpc) is 2.50. The highest BCUT2D eigenvalue weighted by Crippen LogP contribution is 2.49. The molecule has 4 atom stereocenters. The fourth-order valence-corrected chi connectivity index (χ4v) is 2.80. The van der Waals surface area contributed by atoms with Crippen molar-refractivity contribution in [3.63, 3.8) is 0 Å². The number of aliphatic hydroxyl groups is 1. The Morgan fingerprint density at radius 2 is 1.91 bits per heavy atom. The van der Waals surface area contributed by atoms with Gasteiger partial charge >= 0.3 is 5.97 Å². The van der Waals surface area contributed by atoms with Gasteiger partial charge in [0, 0.05) is 6.42 Å². The van der Waals surface area contributed by atoms with Gasteiger partial charge in [0.05, 0.1) is 6.61 Å². The van der Waals surface area contributed by atoms with Crippen molar-refractivity contribution in [3.05, 3.63) is 35.9 Å². The Bertz CT molecular complexity index is 537. The van der Waals surface area contributed by atoms with Crippen molar-refractivity contribution in [1.29, 1.82) is 0 Å². The largest absolute Gasteiger partial charge is 0.465 e. The van der Waals surface area contributed by atoms with Crippen LogP contribution in [-0.2, 0) is 14.9 Å². The highest BCUT2D eigenvalue weighted by molar-refractivity contribution is 5.85. The summed E-state index contributed by atoms with van der Waals surface area (Å²) in [5.41, 5.74) is -2.59. The number of carbonyl (C=O) groups excluding carboxylic acids is 1. The summed E-state index contributed by atoms with van der Waals surface area (Å²) >= 11 is 0. The summed E-state index contributed by atoms with van der Waals surface area (Å²) in [4.78, 5) is 12.2. The van der Waals surface area contributed by atoms with E-state index in [1.165, 1.54) is 31.2 Å². The van der Waals surface area contributed by atoms with E-state index in [2.05, 4.69) is 0 Å². The molecule has 0 heterocycles. The molecular formula is C15H16F4O3. The molecule has 0 aromatic heterocycles. The second-order valence-corrected chi connectivity index (χ2v) is 5.29. The first-order valence-electron chi connectivity index (χ1n) is 6.84. The second-order valence-electron chi connectivity index (χ2n) is 5.29. The molecule has 4 unspecified atom stereocenters. The van der Waals surface area contributed by atoms with Crippen LogP contribution in [0, 0.1) is 0 Å². The third-order valence-corrected chi connectivity index (χ3v) is 3.93. The van der Waals surface area contributed by atoms with Crippen molar-refractivity contribution in [2.45, 2.75) is 43.1 Å². The normalized spacial score (nSPS) is 34.2. The van der Waals surface area contributed by atoms with Crippen LogP contribution in [0.3, 0.4) is 0 Å². The van der Waals surface area contributed by atoms with Crippen LogP contribution in [0.2, 0.25) is 0 Å². The van der Waals surface area contributed by atoms with Gasteiger partial charge in [-0.15, -0.1) is 0 Å². The zero-order valence-electron chi connectivity index (χ0n) is 11.8. The van der Waals surface area contributed by atoms with Gasteiger partial charge < -0.3 is 9.84 Å². The number of halogens is 4. The maximum atomic E-state index is 14.6. The van der Waals surface area contributed by atoms with Crippen LogP contribution in [0.15, 0.2) is 30.3 Å². The summed E-state index contributed by atoms with van der Waals surface area (Å²) in [6, 6.07) is 6.95. The van der Waals surface area contributed by atoms with E-state index >= 15 is 0 Å². The van der Waals surface area contributed by atoms with Gasteiger partial charge in [-0.2, -0.15) is 0 Å². The van der Waals surface area contributed by atoms with Gasteiger partial charge in [-0.25, -0.2) is 17.6 Å². The zero-order valence-corrected chi connectivity index (χ0v) is 11.8. The minimum absolute atomic E-state index is 0.102. The SMILES string of the molecule is CCOC(=O)C1(c2ccccc2)CC(F)(F)C(O)C(F)C1F. The summed E-state index contributed by atoms with van der Waals surface area (Å²) in [6.07, 6.45) is -9.68. The molecule has 1 saturated carbocycles. The van der Waals surface area contributed by atoms with Crippen LogP contribution in [0.25, 0.3) is 0 Å². The maximum Gasteiger partial charge on any atom is 0.319 e. The van der Waals surface area contributed by atoms with E-state index in [-0.39, 0.29) is 12.2 Å². The Balaban J connectivity index is 2.60. The Morgan fingerprint density at radius 3 is 2.45 bits per heavy atom. The van der Waals surface area contributed by atoms with Crippen molar-refractivity contribution >= 4 is 5.97 Å². The molecule has 1 fully saturated rings. The van der Waals surface area contributed by atoms with Gasteiger partial charge in [0.25, 0.3) is 5.92 Å². The van der Waals surface area contributed by atoms with E-state index in [0.717, 1.165) is 0 Å². The molecule has 1 aromatic rings. The molecule has 0 aliphatic heterocycles. The monoisotopic (exact) mass is 320 g/mol. The molecule has 0 bridgehead atoms. The number of carbonyl (C=O) groups is 1. The van der Waals surface area contributed by atoms with Crippen LogP contribution in [0.1, 0.15) is 18.9 Å². The lowest BCUT2D eigenvalue weighted by Crippen LogP contribution is -2.64. The van der Waals surface area contributed by atoms with Crippen LogP contribution in [-0.4, -0.2) is 42.1 Å². The lowest BCUT2D eigenvalue weighted by molar-refractivity contribution is -0.210. The van der Waals surface area contributed by atoms with Gasteiger partial charge in [-0.05, 0) is 12.5 Å². The Hall–Kier alpha value is -1.63. The zero-order chi connectivity index (χ0) is 16.5. The van der Waals surface area contributed by atoms with Gasteiger partial charge in [0.2, 0.25) is 0 Å². The van der Waals surface area contributed by atoms with Gasteiger partial charge in [0.1, 0.15) is 5.41 Å². The summed E-state index contributed by atoms with van der Waals surface area (Å²) < 4.78 is 61.1. The lowest BCUT2D eigenvalue weighted by atomic mass is 9.65. The fraction of sp³-hybridized carbons (Fsp3) is 0.533. The smallest absolute Gasteiger partial charge is 0.319 e. The Kier molecular flexibility index (Phi) is 4.47. The molecule has 1 N–H and O–H groups in total. The summed E-state index contributed by atoms with van der Waals surface area (Å²) in [5.74, 6) is -5.21. The van der Waals surface area contributed by atoms with E-state index in [1.807, 2.05) is 0 Å². The third-order valence-electron chi connectivity index (χ3n) is 3.93. The molecule has 122 valence electrons. The van der Waals surface area contributed by atoms with E-state index in [4.69, 9.17) is 4.74 Å². The van der Waals surface area contributed by atoms with Crippen molar-refractivity contribution < 1.29 is 32.2 Å². The third kappa shape index (κ3) is 2.47. The highest BCUT2D eigenvalue weighted by Gasteiger charge is 2.66. The molecule has 7 heteroatoms. The van der Waals surface area contributed by atoms with Gasteiger partial charge in [-0.3, -0.25) is 4.79 Å². The average molecular weight is 320 g/mol. The number of hydrogen-bond donors (Lipinski definition) is 1. The molecule has 3 nitrogen and oxygen atoms in total. The molecule has 22 heavy (non-hydrogen) atoms. The maximum absolute atomic E-state index is 14.6. The molecule has 1 aliphatic carbocycles. The summed E-state index contributed by atoms with van der Waals surface area (Å²) in [7, 11) is 0. The van der Waals surface area contributed by atoms with Crippen LogP contribution >= 0.6 is 0 Å². The van der Waals surface area contributed by atoms with Gasteiger partial charge in [-0.1, -0.05) is 30.3 Å². The number of ether oxygens (including phenoxy) is 1. The predicted octanol–water partition coefficient (Wildman–Crippen LogP) is 2.56. The number of hydrogen-bond acceptors (Lipinski definition) is 3. The molecule has 0 radical (unpaired) electrons. The number of rotatable bonds is 3. The Labute approximate surface area is 124 Å². The first-order chi connectivity index (χ1) is 10.3. The summed E-state index contributed by atoms with van der Waals surface area (Å²) in [6.45, 7) is 1.28. The van der Waals surface area contributed by atoms with E-state index in [9.17, 15) is 27.5 Å². The minimum Gasteiger partial charge on any atom is -0.465 e. The molecule has 0 saturated heterocycles. The van der Waals surface area contributed by atoms with E-state index in [0.29, 0.717) is 0 Å². The molecule has 1 aliphatic rings. The van der Waals surface area contributed by atoms with Crippen LogP contribution < -0.4 is 0 Å². The highest BCUT2D eigenvalue weighted by atomic mass is 19.3. The molecular weight excluding hydrogens is 304 g/mol. The number of benzene rings is 1. The molecule has 1 aromatic carbocycles. The first kappa shape index (κ1) is 16.7. The van der Waals surface area contributed by atoms with Crippen molar-refractivity contribution in [3.8, 4) is 0 Å². The van der Waals surface area contributed by atoms with Gasteiger partial charge in [0.15, 0.2) is 18.4 Å². The topological polar surface area (TPSA) is 46.5 Å². The number of aliphatic hydroxyl groups excluding tert-OH is 1. The van der Waals surface area contributed by atoms with E-state index in [1.54, 1.807) is 6.07 Å². The van der Waals surface area contributed by atoms with Crippen LogP contribution in [0.5, 0.6) is 0 Å². The second kappa shape index (κ2) is 5.87. The molecule has 2 rings (SSSR count). The summed E-state index contributed by atoms with van der Waals surface area (Å²) in [5, 5.41) is 9.25. The number of alkyl halides is 4. The fourth-order valence-electron chi connectivity index (χ4n) is 2.80. The van der Waals surface area contributed by atoms with Crippen molar-refractivity contribution in [1.82, 2.24) is 0 Å². The van der Waals surface area contributed by atoms with Crippen molar-refractivity contribution in [2.24, 2.45) is 0 Å². The standard InChI is InChI=1S/C15H16F4O3/c1-2-22-13(21)14(9-6-4-3-5-7-9)8-15(18,19)12(20)10(16)11(14)17/h3-7,10-12,20H,2,8H2,1H3. The Morgan fingerprint density at radius 1 is 1.32 bits per heavy atom. The number of esters is 1. The molecule has 0 spiro atoms. The van der Waals surface area contributed by atoms with E-state index < -0.39 is 42.2 Å². The van der Waals surface area contributed by atoms with Crippen LogP contribution in [0.4, 0.5) is 17.6 Å². The predicted molar refractivity (Wildman–Crippen MR) is 70.1 cm³/mol.